The number of rotatable bonds is 6. The zero-order valence-corrected chi connectivity index (χ0v) is 21.9. The fraction of sp³-hybridized carbons (Fsp3) is 0.862. The van der Waals surface area contributed by atoms with E-state index in [4.69, 9.17) is 4.74 Å². The number of aliphatic hydroxyl groups is 2. The van der Waals surface area contributed by atoms with E-state index >= 15 is 0 Å². The Morgan fingerprint density at radius 1 is 1.15 bits per heavy atom. The molecule has 0 heterocycles. The van der Waals surface area contributed by atoms with Gasteiger partial charge in [0, 0.05) is 25.2 Å². The third-order valence-corrected chi connectivity index (χ3v) is 10.9. The first-order chi connectivity index (χ1) is 15.9. The number of carbonyl (C=O) groups excluding carboxylic acids is 2. The number of hydrogen-bond donors (Lipinski definition) is 2. The summed E-state index contributed by atoms with van der Waals surface area (Å²) in [6.07, 6.45) is 11.7. The van der Waals surface area contributed by atoms with Crippen molar-refractivity contribution < 1.29 is 24.5 Å². The summed E-state index contributed by atoms with van der Waals surface area (Å²) in [5.41, 5.74) is -1.53. The van der Waals surface area contributed by atoms with Crippen LogP contribution in [0.1, 0.15) is 92.4 Å². The second kappa shape index (κ2) is 9.35. The molecule has 10 atom stereocenters. The molecule has 5 heteroatoms. The fourth-order valence-electron chi connectivity index (χ4n) is 8.91. The first-order valence-corrected chi connectivity index (χ1v) is 13.7. The van der Waals surface area contributed by atoms with Crippen molar-refractivity contribution in [2.45, 2.75) is 104 Å². The lowest BCUT2D eigenvalue weighted by Gasteiger charge is -2.63. The lowest BCUT2D eigenvalue weighted by molar-refractivity contribution is -0.213. The minimum Gasteiger partial charge on any atom is -0.466 e. The molecule has 4 saturated carbocycles. The number of fused-ring (bicyclic) bond motifs is 5. The van der Waals surface area contributed by atoms with Gasteiger partial charge in [0.25, 0.3) is 0 Å². The number of ketones is 1. The standard InChI is InChI=1S/C29H46O5/c1-18(17-34-20(3)30)7-6-8-19(2)23-9-10-24-22-15-26(32)29(33)16-21(31)11-14-28(29,5)25(22)12-13-27(23,24)4/h6,8,18-19,21-25,31,33H,7,9-17H2,1-5H3/b8-6+/t18?,19-,21+,22+,23-,24+,25+,27-,28-,29+/m1/s1. The largest absolute Gasteiger partial charge is 0.466 e. The molecule has 0 aromatic heterocycles. The smallest absolute Gasteiger partial charge is 0.302 e. The van der Waals surface area contributed by atoms with Crippen LogP contribution in [0, 0.1) is 46.3 Å². The summed E-state index contributed by atoms with van der Waals surface area (Å²) in [7, 11) is 0. The maximum Gasteiger partial charge on any atom is 0.302 e. The third-order valence-electron chi connectivity index (χ3n) is 10.9. The Morgan fingerprint density at radius 2 is 1.88 bits per heavy atom. The fourth-order valence-corrected chi connectivity index (χ4v) is 8.91. The average Bonchev–Trinajstić information content (AvgIpc) is 3.12. The second-order valence-electron chi connectivity index (χ2n) is 12.8. The van der Waals surface area contributed by atoms with Crippen molar-refractivity contribution in [2.75, 3.05) is 6.61 Å². The maximum absolute atomic E-state index is 13.4. The topological polar surface area (TPSA) is 83.8 Å². The first-order valence-electron chi connectivity index (χ1n) is 13.7. The van der Waals surface area contributed by atoms with Crippen molar-refractivity contribution in [1.29, 1.82) is 0 Å². The molecule has 4 aliphatic rings. The molecule has 0 aliphatic heterocycles. The Labute approximate surface area is 205 Å². The Bertz CT molecular complexity index is 821. The maximum atomic E-state index is 13.4. The zero-order valence-electron chi connectivity index (χ0n) is 21.9. The van der Waals surface area contributed by atoms with E-state index in [1.165, 1.54) is 19.8 Å². The summed E-state index contributed by atoms with van der Waals surface area (Å²) in [5, 5.41) is 21.8. The van der Waals surface area contributed by atoms with Crippen LogP contribution in [0.4, 0.5) is 0 Å². The van der Waals surface area contributed by atoms with Gasteiger partial charge < -0.3 is 14.9 Å². The van der Waals surface area contributed by atoms with Crippen molar-refractivity contribution >= 4 is 11.8 Å². The summed E-state index contributed by atoms with van der Waals surface area (Å²) in [5.74, 6) is 2.42. The van der Waals surface area contributed by atoms with Crippen LogP contribution in [-0.4, -0.2) is 40.3 Å². The summed E-state index contributed by atoms with van der Waals surface area (Å²) in [4.78, 5) is 24.4. The number of ether oxygens (including phenoxy) is 1. The molecule has 4 rings (SSSR count). The van der Waals surface area contributed by atoms with Gasteiger partial charge in [0.05, 0.1) is 12.7 Å². The number of hydrogen-bond acceptors (Lipinski definition) is 5. The summed E-state index contributed by atoms with van der Waals surface area (Å²) in [6.45, 7) is 11.0. The van der Waals surface area contributed by atoms with Gasteiger partial charge in [0.1, 0.15) is 5.60 Å². The number of esters is 1. The van der Waals surface area contributed by atoms with Gasteiger partial charge in [-0.05, 0) is 85.9 Å². The number of allylic oxidation sites excluding steroid dienone is 2. The van der Waals surface area contributed by atoms with Gasteiger partial charge in [-0.2, -0.15) is 0 Å². The van der Waals surface area contributed by atoms with Crippen LogP contribution in [0.25, 0.3) is 0 Å². The third kappa shape index (κ3) is 4.19. The highest BCUT2D eigenvalue weighted by atomic mass is 16.5. The van der Waals surface area contributed by atoms with Crippen molar-refractivity contribution in [3.05, 3.63) is 12.2 Å². The molecule has 0 aromatic carbocycles. The molecule has 1 unspecified atom stereocenters. The highest BCUT2D eigenvalue weighted by Gasteiger charge is 2.67. The van der Waals surface area contributed by atoms with Crippen LogP contribution < -0.4 is 0 Å². The molecule has 0 spiro atoms. The van der Waals surface area contributed by atoms with Crippen molar-refractivity contribution in [2.24, 2.45) is 46.3 Å². The van der Waals surface area contributed by atoms with Crippen LogP contribution in [0.3, 0.4) is 0 Å². The van der Waals surface area contributed by atoms with E-state index in [0.717, 1.165) is 25.7 Å². The van der Waals surface area contributed by atoms with Crippen molar-refractivity contribution in [3.8, 4) is 0 Å². The van der Waals surface area contributed by atoms with Crippen LogP contribution in [0.2, 0.25) is 0 Å². The molecule has 34 heavy (non-hydrogen) atoms. The number of carbonyl (C=O) groups is 2. The Morgan fingerprint density at radius 3 is 2.59 bits per heavy atom. The van der Waals surface area contributed by atoms with Crippen LogP contribution >= 0.6 is 0 Å². The predicted molar refractivity (Wildman–Crippen MR) is 132 cm³/mol. The van der Waals surface area contributed by atoms with E-state index in [1.807, 2.05) is 0 Å². The minimum absolute atomic E-state index is 0.0163. The molecule has 2 N–H and O–H groups in total. The van der Waals surface area contributed by atoms with Crippen LogP contribution in [0.15, 0.2) is 12.2 Å². The zero-order chi connectivity index (χ0) is 24.9. The molecule has 4 fully saturated rings. The average molecular weight is 475 g/mol. The Hall–Kier alpha value is -1.20. The summed E-state index contributed by atoms with van der Waals surface area (Å²) in [6, 6.07) is 0. The lowest BCUT2D eigenvalue weighted by atomic mass is 9.42. The second-order valence-corrected chi connectivity index (χ2v) is 12.8. The quantitative estimate of drug-likeness (QED) is 0.414. The van der Waals surface area contributed by atoms with Crippen LogP contribution in [0.5, 0.6) is 0 Å². The van der Waals surface area contributed by atoms with Gasteiger partial charge >= 0.3 is 5.97 Å². The monoisotopic (exact) mass is 474 g/mol. The van der Waals surface area contributed by atoms with Gasteiger partial charge in [-0.1, -0.05) is 39.8 Å². The normalized spacial score (nSPS) is 45.9. The van der Waals surface area contributed by atoms with Crippen LogP contribution in [-0.2, 0) is 14.3 Å². The highest BCUT2D eigenvalue weighted by Crippen LogP contribution is 2.68. The van der Waals surface area contributed by atoms with Crippen molar-refractivity contribution in [3.63, 3.8) is 0 Å². The van der Waals surface area contributed by atoms with Gasteiger partial charge in [-0.25, -0.2) is 0 Å². The molecule has 0 saturated heterocycles. The molecule has 0 radical (unpaired) electrons. The lowest BCUT2D eigenvalue weighted by Crippen LogP contribution is -2.67. The summed E-state index contributed by atoms with van der Waals surface area (Å²) >= 11 is 0. The Kier molecular flexibility index (Phi) is 7.12. The van der Waals surface area contributed by atoms with E-state index in [-0.39, 0.29) is 23.6 Å². The molecular weight excluding hydrogens is 428 g/mol. The predicted octanol–water partition coefficient (Wildman–Crippen LogP) is 5.08. The van der Waals surface area contributed by atoms with E-state index in [2.05, 4.69) is 39.8 Å². The Balaban J connectivity index is 1.46. The molecule has 192 valence electrons. The van der Waals surface area contributed by atoms with Gasteiger partial charge in [-0.15, -0.1) is 0 Å². The highest BCUT2D eigenvalue weighted by molar-refractivity contribution is 5.89. The minimum atomic E-state index is -1.35. The first kappa shape index (κ1) is 25.9. The molecule has 0 bridgehead atoms. The van der Waals surface area contributed by atoms with E-state index < -0.39 is 17.1 Å². The van der Waals surface area contributed by atoms with Crippen molar-refractivity contribution in [1.82, 2.24) is 0 Å². The SMILES string of the molecule is CC(=O)OCC(C)C/C=C/[C@@H](C)[C@H]1CC[C@H]2[C@@H]3CC(=O)[C@@]4(O)C[C@@H](O)CC[C@]4(C)[C@H]3CC[C@]12C. The summed E-state index contributed by atoms with van der Waals surface area (Å²) < 4.78 is 5.13. The molecule has 0 aromatic rings. The molecule has 5 nitrogen and oxygen atoms in total. The molecular formula is C29H46O5. The van der Waals surface area contributed by atoms with Gasteiger partial charge in [0.2, 0.25) is 0 Å². The number of aliphatic hydroxyl groups excluding tert-OH is 1. The molecule has 4 aliphatic carbocycles. The number of Topliss-reactive ketones (excluding diaryl/α,β-unsaturated/α-hetero) is 1. The van der Waals surface area contributed by atoms with Gasteiger partial charge in [-0.3, -0.25) is 9.59 Å². The van der Waals surface area contributed by atoms with E-state index in [9.17, 15) is 19.8 Å². The van der Waals surface area contributed by atoms with E-state index in [1.54, 1.807) is 0 Å². The molecule has 0 amide bonds. The van der Waals surface area contributed by atoms with Gasteiger partial charge in [0.15, 0.2) is 5.78 Å². The van der Waals surface area contributed by atoms with E-state index in [0.29, 0.717) is 55.0 Å².